The summed E-state index contributed by atoms with van der Waals surface area (Å²) in [5.41, 5.74) is 8.83. The van der Waals surface area contributed by atoms with Gasteiger partial charge in [-0.05, 0) is 61.4 Å². The number of hydrogen-bond donors (Lipinski definition) is 1. The Hall–Kier alpha value is -2.53. The van der Waals surface area contributed by atoms with E-state index in [4.69, 9.17) is 10.5 Å². The van der Waals surface area contributed by atoms with Gasteiger partial charge in [0, 0.05) is 17.7 Å². The Morgan fingerprint density at radius 2 is 2.03 bits per heavy atom. The normalized spacial score (nSPS) is 34.9. The summed E-state index contributed by atoms with van der Waals surface area (Å²) in [5, 5.41) is 0. The molecule has 1 aromatic heterocycles. The first-order valence-corrected chi connectivity index (χ1v) is 11.4. The number of halogens is 1. The summed E-state index contributed by atoms with van der Waals surface area (Å²) in [6.07, 6.45) is 11.5. The van der Waals surface area contributed by atoms with Crippen molar-refractivity contribution in [1.29, 1.82) is 0 Å². The van der Waals surface area contributed by atoms with Gasteiger partial charge in [-0.2, -0.15) is 0 Å². The molecule has 2 saturated carbocycles. The fourth-order valence-corrected chi connectivity index (χ4v) is 6.08. The predicted octanol–water partition coefficient (Wildman–Crippen LogP) is 4.99. The van der Waals surface area contributed by atoms with E-state index >= 15 is 0 Å². The molecule has 5 rings (SSSR count). The van der Waals surface area contributed by atoms with Crippen LogP contribution in [0.3, 0.4) is 0 Å². The molecule has 2 aliphatic carbocycles. The summed E-state index contributed by atoms with van der Waals surface area (Å²) in [6.45, 7) is 1.92. The fraction of sp³-hybridized carbons (Fsp3) is 0.462. The molecule has 3 fully saturated rings. The lowest BCUT2D eigenvalue weighted by molar-refractivity contribution is -0.145. The second kappa shape index (κ2) is 7.86. The van der Waals surface area contributed by atoms with E-state index in [1.165, 1.54) is 31.4 Å². The number of carbonyl (C=O) groups is 1. The maximum atomic E-state index is 13.5. The van der Waals surface area contributed by atoms with Crippen LogP contribution in [0.4, 0.5) is 4.39 Å². The van der Waals surface area contributed by atoms with Crippen LogP contribution in [0.2, 0.25) is 0 Å². The number of rotatable bonds is 3. The van der Waals surface area contributed by atoms with Gasteiger partial charge in [-0.3, -0.25) is 9.78 Å². The van der Waals surface area contributed by atoms with E-state index in [-0.39, 0.29) is 29.7 Å². The summed E-state index contributed by atoms with van der Waals surface area (Å²) >= 11 is 0. The van der Waals surface area contributed by atoms with Crippen LogP contribution in [-0.4, -0.2) is 22.6 Å². The molecule has 2 heterocycles. The summed E-state index contributed by atoms with van der Waals surface area (Å²) in [6, 6.07) is 10.4. The van der Waals surface area contributed by atoms with Gasteiger partial charge in [0.2, 0.25) is 0 Å². The number of esters is 1. The molecule has 0 spiro atoms. The molecule has 0 radical (unpaired) electrons. The zero-order chi connectivity index (χ0) is 21.6. The minimum atomic E-state index is -0.659. The molecule has 3 aliphatic rings. The lowest BCUT2D eigenvalue weighted by Crippen LogP contribution is -2.63. The van der Waals surface area contributed by atoms with Crippen molar-refractivity contribution in [2.45, 2.75) is 50.7 Å². The minimum Gasteiger partial charge on any atom is -0.460 e. The maximum Gasteiger partial charge on any atom is 0.311 e. The van der Waals surface area contributed by atoms with Gasteiger partial charge in [0.15, 0.2) is 0 Å². The van der Waals surface area contributed by atoms with Gasteiger partial charge < -0.3 is 10.5 Å². The number of aromatic nitrogens is 1. The van der Waals surface area contributed by atoms with Crippen LogP contribution in [0.25, 0.3) is 17.2 Å². The molecule has 4 nitrogen and oxygen atoms in total. The van der Waals surface area contributed by atoms with Crippen molar-refractivity contribution < 1.29 is 13.9 Å². The first-order chi connectivity index (χ1) is 15.0. The van der Waals surface area contributed by atoms with E-state index in [0.29, 0.717) is 11.8 Å². The van der Waals surface area contributed by atoms with E-state index in [2.05, 4.69) is 11.1 Å². The number of pyridine rings is 1. The van der Waals surface area contributed by atoms with E-state index < -0.39 is 5.54 Å². The van der Waals surface area contributed by atoms with E-state index in [1.807, 2.05) is 31.2 Å². The molecule has 0 bridgehead atoms. The summed E-state index contributed by atoms with van der Waals surface area (Å²) in [4.78, 5) is 17.0. The molecular formula is C26H29FN2O2. The van der Waals surface area contributed by atoms with Crippen molar-refractivity contribution in [3.05, 3.63) is 60.2 Å². The molecule has 1 aromatic carbocycles. The van der Waals surface area contributed by atoms with E-state index in [0.717, 1.165) is 29.7 Å². The SMILES string of the molecule is CC1C(=O)OC2CC3CCCCC3C(/C=C/c3ccc(-c4cccc(F)c4)cn3)C21N. The van der Waals surface area contributed by atoms with Crippen molar-refractivity contribution in [2.75, 3.05) is 0 Å². The number of carbonyl (C=O) groups excluding carboxylic acids is 1. The Morgan fingerprint density at radius 3 is 2.81 bits per heavy atom. The lowest BCUT2D eigenvalue weighted by atomic mass is 9.55. The van der Waals surface area contributed by atoms with Gasteiger partial charge in [-0.15, -0.1) is 0 Å². The van der Waals surface area contributed by atoms with Crippen molar-refractivity contribution in [2.24, 2.45) is 29.4 Å². The number of hydrogen-bond acceptors (Lipinski definition) is 4. The minimum absolute atomic E-state index is 0.0858. The van der Waals surface area contributed by atoms with Crippen molar-refractivity contribution >= 4 is 12.0 Å². The Kier molecular flexibility index (Phi) is 5.17. The summed E-state index contributed by atoms with van der Waals surface area (Å²) in [7, 11) is 0. The zero-order valence-corrected chi connectivity index (χ0v) is 17.8. The highest BCUT2D eigenvalue weighted by atomic mass is 19.1. The molecule has 2 N–H and O–H groups in total. The van der Waals surface area contributed by atoms with Crippen LogP contribution < -0.4 is 5.73 Å². The Bertz CT molecular complexity index is 1000. The van der Waals surface area contributed by atoms with Gasteiger partial charge in [0.05, 0.1) is 17.2 Å². The molecular weight excluding hydrogens is 391 g/mol. The van der Waals surface area contributed by atoms with Crippen LogP contribution in [0.15, 0.2) is 48.7 Å². The molecule has 31 heavy (non-hydrogen) atoms. The molecule has 6 atom stereocenters. The highest BCUT2D eigenvalue weighted by Crippen LogP contribution is 2.53. The third kappa shape index (κ3) is 3.49. The summed E-state index contributed by atoms with van der Waals surface area (Å²) in [5.74, 6) is 0.399. The van der Waals surface area contributed by atoms with Crippen LogP contribution in [0.5, 0.6) is 0 Å². The van der Waals surface area contributed by atoms with Gasteiger partial charge >= 0.3 is 5.97 Å². The molecule has 1 aliphatic heterocycles. The monoisotopic (exact) mass is 420 g/mol. The van der Waals surface area contributed by atoms with Crippen molar-refractivity contribution in [3.8, 4) is 11.1 Å². The zero-order valence-electron chi connectivity index (χ0n) is 17.8. The van der Waals surface area contributed by atoms with Gasteiger partial charge in [0.25, 0.3) is 0 Å². The number of ether oxygens (including phenoxy) is 1. The molecule has 2 aromatic rings. The molecule has 5 heteroatoms. The fourth-order valence-electron chi connectivity index (χ4n) is 6.08. The van der Waals surface area contributed by atoms with Gasteiger partial charge in [-0.25, -0.2) is 4.39 Å². The van der Waals surface area contributed by atoms with Crippen LogP contribution in [0, 0.1) is 29.5 Å². The number of benzene rings is 1. The predicted molar refractivity (Wildman–Crippen MR) is 118 cm³/mol. The third-order valence-corrected chi connectivity index (χ3v) is 7.86. The Balaban J connectivity index is 1.43. The Morgan fingerprint density at radius 1 is 1.19 bits per heavy atom. The average molecular weight is 421 g/mol. The van der Waals surface area contributed by atoms with E-state index in [1.54, 1.807) is 12.3 Å². The largest absolute Gasteiger partial charge is 0.460 e. The van der Waals surface area contributed by atoms with E-state index in [9.17, 15) is 9.18 Å². The second-order valence-corrected chi connectivity index (χ2v) is 9.46. The molecule has 1 saturated heterocycles. The highest BCUT2D eigenvalue weighted by molar-refractivity contribution is 5.77. The topological polar surface area (TPSA) is 65.2 Å². The lowest BCUT2D eigenvalue weighted by Gasteiger charge is -2.51. The Labute approximate surface area is 182 Å². The quantitative estimate of drug-likeness (QED) is 0.711. The smallest absolute Gasteiger partial charge is 0.311 e. The molecule has 6 unspecified atom stereocenters. The standard InChI is InChI=1S/C26H29FN2O2/c1-16-25(30)31-24-14-18-5-2-3-8-22(18)23(26(16,24)28)12-11-21-10-9-19(15-29-21)17-6-4-7-20(27)13-17/h4,6-7,9-13,15-16,18,22-24H,2-3,5,8,14,28H2,1H3/b12-11+. The third-order valence-electron chi connectivity index (χ3n) is 7.86. The average Bonchev–Trinajstić information content (AvgIpc) is 3.00. The van der Waals surface area contributed by atoms with Crippen LogP contribution in [-0.2, 0) is 9.53 Å². The second-order valence-electron chi connectivity index (χ2n) is 9.46. The van der Waals surface area contributed by atoms with Crippen LogP contribution in [0.1, 0.15) is 44.7 Å². The first kappa shape index (κ1) is 20.4. The van der Waals surface area contributed by atoms with Crippen LogP contribution >= 0.6 is 0 Å². The molecule has 0 amide bonds. The maximum absolute atomic E-state index is 13.5. The van der Waals surface area contributed by atoms with Gasteiger partial charge in [0.1, 0.15) is 11.9 Å². The van der Waals surface area contributed by atoms with Crippen molar-refractivity contribution in [3.63, 3.8) is 0 Å². The number of nitrogens with zero attached hydrogens (tertiary/aromatic N) is 1. The first-order valence-electron chi connectivity index (χ1n) is 11.4. The molecule has 162 valence electrons. The van der Waals surface area contributed by atoms with Crippen molar-refractivity contribution in [1.82, 2.24) is 4.98 Å². The number of nitrogens with two attached hydrogens (primary N) is 1. The highest BCUT2D eigenvalue weighted by Gasteiger charge is 2.61. The van der Waals surface area contributed by atoms with Gasteiger partial charge in [-0.1, -0.05) is 43.5 Å². The number of fused-ring (bicyclic) bond motifs is 2. The summed E-state index contributed by atoms with van der Waals surface area (Å²) < 4.78 is 19.3.